The van der Waals surface area contributed by atoms with E-state index in [1.165, 1.54) is 38.5 Å². The predicted molar refractivity (Wildman–Crippen MR) is 116 cm³/mol. The van der Waals surface area contributed by atoms with E-state index in [9.17, 15) is 9.59 Å². The largest absolute Gasteiger partial charge is 0.466 e. The highest BCUT2D eigenvalue weighted by molar-refractivity contribution is 5.69. The third-order valence-electron chi connectivity index (χ3n) is 4.84. The highest BCUT2D eigenvalue weighted by Gasteiger charge is 2.04. The number of hydrogen-bond acceptors (Lipinski definition) is 4. The molecule has 0 atom stereocenters. The summed E-state index contributed by atoms with van der Waals surface area (Å²) in [5.74, 6) is -0.141. The molecule has 4 nitrogen and oxygen atoms in total. The van der Waals surface area contributed by atoms with Crippen molar-refractivity contribution in [3.63, 3.8) is 0 Å². The number of rotatable bonds is 21. The van der Waals surface area contributed by atoms with E-state index in [0.29, 0.717) is 26.1 Å². The Morgan fingerprint density at radius 3 is 1.57 bits per heavy atom. The maximum absolute atomic E-state index is 11.7. The second kappa shape index (κ2) is 22.0. The fourth-order valence-electron chi connectivity index (χ4n) is 3.05. The number of carbonyl (C=O) groups is 2. The zero-order chi connectivity index (χ0) is 20.7. The second-order valence-corrected chi connectivity index (χ2v) is 7.61. The lowest BCUT2D eigenvalue weighted by molar-refractivity contribution is -0.144. The molecule has 0 aromatic carbocycles. The first-order valence-electron chi connectivity index (χ1n) is 11.6. The van der Waals surface area contributed by atoms with Crippen molar-refractivity contribution < 1.29 is 19.1 Å². The van der Waals surface area contributed by atoms with Crippen LogP contribution in [0.5, 0.6) is 0 Å². The Morgan fingerprint density at radius 2 is 1.07 bits per heavy atom. The Kier molecular flexibility index (Phi) is 20.9. The van der Waals surface area contributed by atoms with Crippen molar-refractivity contribution in [2.24, 2.45) is 0 Å². The van der Waals surface area contributed by atoms with Gasteiger partial charge in [0, 0.05) is 12.8 Å². The smallest absolute Gasteiger partial charge is 0.305 e. The first kappa shape index (κ1) is 26.7. The van der Waals surface area contributed by atoms with Crippen molar-refractivity contribution in [3.8, 4) is 0 Å². The predicted octanol–water partition coefficient (Wildman–Crippen LogP) is 6.91. The Balaban J connectivity index is 3.25. The van der Waals surface area contributed by atoms with Crippen LogP contribution in [0.1, 0.15) is 116 Å². The van der Waals surface area contributed by atoms with Gasteiger partial charge in [-0.2, -0.15) is 0 Å². The molecule has 0 aromatic heterocycles. The van der Waals surface area contributed by atoms with Gasteiger partial charge in [-0.3, -0.25) is 9.59 Å². The lowest BCUT2D eigenvalue weighted by atomic mass is 10.1. The summed E-state index contributed by atoms with van der Waals surface area (Å²) in [6.45, 7) is 6.95. The van der Waals surface area contributed by atoms with E-state index in [1.807, 2.05) is 6.08 Å². The minimum Gasteiger partial charge on any atom is -0.466 e. The molecule has 0 radical (unpaired) electrons. The van der Waals surface area contributed by atoms with Crippen LogP contribution in [-0.4, -0.2) is 25.2 Å². The molecule has 0 spiro atoms. The van der Waals surface area contributed by atoms with Gasteiger partial charge in [0.15, 0.2) is 0 Å². The molecule has 0 heterocycles. The van der Waals surface area contributed by atoms with Crippen molar-refractivity contribution >= 4 is 11.9 Å². The van der Waals surface area contributed by atoms with Gasteiger partial charge in [-0.1, -0.05) is 77.2 Å². The molecule has 28 heavy (non-hydrogen) atoms. The normalized spacial score (nSPS) is 10.6. The third-order valence-corrected chi connectivity index (χ3v) is 4.84. The summed E-state index contributed by atoms with van der Waals surface area (Å²) in [6, 6.07) is 0. The molecule has 0 rings (SSSR count). The SMILES string of the molecule is C=CCCCOC(=O)CCCCCCCCC(=O)OCCCCCCCCC. The van der Waals surface area contributed by atoms with Gasteiger partial charge in [0.1, 0.15) is 0 Å². The average molecular weight is 397 g/mol. The quantitative estimate of drug-likeness (QED) is 0.120. The number of allylic oxidation sites excluding steroid dienone is 1. The molecule has 0 aliphatic rings. The van der Waals surface area contributed by atoms with Gasteiger partial charge in [0.25, 0.3) is 0 Å². The first-order chi connectivity index (χ1) is 13.7. The molecule has 0 amide bonds. The van der Waals surface area contributed by atoms with Gasteiger partial charge >= 0.3 is 11.9 Å². The van der Waals surface area contributed by atoms with E-state index in [0.717, 1.165) is 57.8 Å². The molecule has 0 saturated heterocycles. The summed E-state index contributed by atoms with van der Waals surface area (Å²) < 4.78 is 10.4. The van der Waals surface area contributed by atoms with E-state index in [1.54, 1.807) is 0 Å². The van der Waals surface area contributed by atoms with Crippen LogP contribution in [0.25, 0.3) is 0 Å². The van der Waals surface area contributed by atoms with Crippen LogP contribution >= 0.6 is 0 Å². The number of hydrogen-bond donors (Lipinski definition) is 0. The van der Waals surface area contributed by atoms with Crippen molar-refractivity contribution in [1.29, 1.82) is 0 Å². The topological polar surface area (TPSA) is 52.6 Å². The fraction of sp³-hybridized carbons (Fsp3) is 0.833. The van der Waals surface area contributed by atoms with Crippen LogP contribution in [0.4, 0.5) is 0 Å². The van der Waals surface area contributed by atoms with Crippen LogP contribution < -0.4 is 0 Å². The van der Waals surface area contributed by atoms with Gasteiger partial charge in [0.2, 0.25) is 0 Å². The average Bonchev–Trinajstić information content (AvgIpc) is 2.69. The van der Waals surface area contributed by atoms with E-state index < -0.39 is 0 Å². The van der Waals surface area contributed by atoms with Gasteiger partial charge in [0.05, 0.1) is 13.2 Å². The maximum atomic E-state index is 11.7. The van der Waals surface area contributed by atoms with Crippen molar-refractivity contribution in [3.05, 3.63) is 12.7 Å². The maximum Gasteiger partial charge on any atom is 0.305 e. The minimum absolute atomic E-state index is 0.0508. The van der Waals surface area contributed by atoms with Crippen LogP contribution in [0.2, 0.25) is 0 Å². The summed E-state index contributed by atoms with van der Waals surface area (Å²) in [7, 11) is 0. The Hall–Kier alpha value is -1.32. The van der Waals surface area contributed by atoms with Crippen molar-refractivity contribution in [1.82, 2.24) is 0 Å². The Labute approximate surface area is 173 Å². The summed E-state index contributed by atoms with van der Waals surface area (Å²) in [5, 5.41) is 0. The molecule has 0 fully saturated rings. The van der Waals surface area contributed by atoms with E-state index >= 15 is 0 Å². The van der Waals surface area contributed by atoms with E-state index in [2.05, 4.69) is 13.5 Å². The number of esters is 2. The van der Waals surface area contributed by atoms with Gasteiger partial charge < -0.3 is 9.47 Å². The van der Waals surface area contributed by atoms with Gasteiger partial charge in [-0.15, -0.1) is 6.58 Å². The summed E-state index contributed by atoms with van der Waals surface area (Å²) in [4.78, 5) is 23.2. The van der Waals surface area contributed by atoms with Crippen LogP contribution in [0.15, 0.2) is 12.7 Å². The summed E-state index contributed by atoms with van der Waals surface area (Å²) in [5.41, 5.74) is 0. The second-order valence-electron chi connectivity index (χ2n) is 7.61. The highest BCUT2D eigenvalue weighted by Crippen LogP contribution is 2.10. The van der Waals surface area contributed by atoms with Gasteiger partial charge in [-0.25, -0.2) is 0 Å². The number of carbonyl (C=O) groups excluding carboxylic acids is 2. The Bertz CT molecular complexity index is 379. The molecule has 4 heteroatoms. The molecule has 0 aliphatic carbocycles. The zero-order valence-corrected chi connectivity index (χ0v) is 18.4. The fourth-order valence-corrected chi connectivity index (χ4v) is 3.05. The van der Waals surface area contributed by atoms with E-state index in [4.69, 9.17) is 9.47 Å². The third kappa shape index (κ3) is 21.0. The number of unbranched alkanes of at least 4 members (excludes halogenated alkanes) is 12. The monoisotopic (exact) mass is 396 g/mol. The summed E-state index contributed by atoms with van der Waals surface area (Å²) >= 11 is 0. The molecule has 0 aliphatic heterocycles. The van der Waals surface area contributed by atoms with Crippen molar-refractivity contribution in [2.45, 2.75) is 116 Å². The standard InChI is InChI=1S/C24H44O4/c1-3-5-7-8-11-14-18-22-28-24(26)20-16-13-10-9-12-15-19-23(25)27-21-17-6-4-2/h4H,2-3,5-22H2,1H3. The van der Waals surface area contributed by atoms with Crippen molar-refractivity contribution in [2.75, 3.05) is 13.2 Å². The summed E-state index contributed by atoms with van der Waals surface area (Å²) in [6.07, 6.45) is 19.4. The lowest BCUT2D eigenvalue weighted by Crippen LogP contribution is -2.05. The Morgan fingerprint density at radius 1 is 0.643 bits per heavy atom. The van der Waals surface area contributed by atoms with Crippen LogP contribution in [0.3, 0.4) is 0 Å². The van der Waals surface area contributed by atoms with Crippen LogP contribution in [0, 0.1) is 0 Å². The molecule has 0 unspecified atom stereocenters. The minimum atomic E-state index is -0.0900. The molecule has 0 N–H and O–H groups in total. The molecule has 164 valence electrons. The molecular formula is C24H44O4. The molecular weight excluding hydrogens is 352 g/mol. The molecule has 0 saturated carbocycles. The number of ether oxygens (including phenoxy) is 2. The lowest BCUT2D eigenvalue weighted by Gasteiger charge is -2.05. The van der Waals surface area contributed by atoms with Crippen LogP contribution in [-0.2, 0) is 19.1 Å². The first-order valence-corrected chi connectivity index (χ1v) is 11.6. The zero-order valence-electron chi connectivity index (χ0n) is 18.4. The van der Waals surface area contributed by atoms with Gasteiger partial charge in [-0.05, 0) is 32.1 Å². The molecule has 0 aromatic rings. The highest BCUT2D eigenvalue weighted by atomic mass is 16.5. The van der Waals surface area contributed by atoms with E-state index in [-0.39, 0.29) is 11.9 Å². The molecule has 0 bridgehead atoms.